The minimum atomic E-state index is -0.115. The van der Waals surface area contributed by atoms with E-state index in [1.807, 2.05) is 30.5 Å². The van der Waals surface area contributed by atoms with Gasteiger partial charge in [0.2, 0.25) is 5.91 Å². The summed E-state index contributed by atoms with van der Waals surface area (Å²) < 4.78 is 5.29. The zero-order valence-electron chi connectivity index (χ0n) is 14.9. The van der Waals surface area contributed by atoms with Gasteiger partial charge in [-0.3, -0.25) is 9.59 Å². The fourth-order valence-corrected chi connectivity index (χ4v) is 3.34. The van der Waals surface area contributed by atoms with E-state index in [1.165, 1.54) is 0 Å². The molecule has 0 spiro atoms. The van der Waals surface area contributed by atoms with Gasteiger partial charge in [0.25, 0.3) is 5.91 Å². The number of amides is 2. The Morgan fingerprint density at radius 1 is 1.07 bits per heavy atom. The zero-order valence-corrected chi connectivity index (χ0v) is 14.9. The summed E-state index contributed by atoms with van der Waals surface area (Å²) in [5.74, 6) is -0.151. The van der Waals surface area contributed by atoms with E-state index in [0.29, 0.717) is 37.6 Å². The number of aromatic nitrogens is 1. The molecule has 0 saturated carbocycles. The lowest BCUT2D eigenvalue weighted by Crippen LogP contribution is -2.40. The van der Waals surface area contributed by atoms with Gasteiger partial charge in [-0.05, 0) is 29.8 Å². The van der Waals surface area contributed by atoms with E-state index in [-0.39, 0.29) is 18.2 Å². The van der Waals surface area contributed by atoms with Crippen molar-refractivity contribution in [3.8, 4) is 0 Å². The van der Waals surface area contributed by atoms with E-state index in [9.17, 15) is 9.59 Å². The molecule has 1 saturated heterocycles. The number of nitrogens with zero attached hydrogens (tertiary/aromatic N) is 1. The molecule has 6 nitrogen and oxygen atoms in total. The maximum absolute atomic E-state index is 12.6. The first-order valence-electron chi connectivity index (χ1n) is 9.02. The van der Waals surface area contributed by atoms with Crippen molar-refractivity contribution in [2.75, 3.05) is 31.6 Å². The number of nitrogens with one attached hydrogen (secondary N) is 2. The molecule has 2 aromatic carbocycles. The second kappa shape index (κ2) is 7.63. The van der Waals surface area contributed by atoms with Crippen LogP contribution in [0.25, 0.3) is 10.9 Å². The molecule has 2 amide bonds. The molecule has 138 valence electrons. The Balaban J connectivity index is 1.44. The smallest absolute Gasteiger partial charge is 0.254 e. The van der Waals surface area contributed by atoms with Crippen molar-refractivity contribution in [3.63, 3.8) is 0 Å². The number of para-hydroxylation sites is 1. The van der Waals surface area contributed by atoms with Crippen LogP contribution in [0, 0.1) is 0 Å². The van der Waals surface area contributed by atoms with Crippen LogP contribution in [0.15, 0.2) is 54.7 Å². The van der Waals surface area contributed by atoms with E-state index in [4.69, 9.17) is 4.74 Å². The van der Waals surface area contributed by atoms with Crippen LogP contribution in [0.5, 0.6) is 0 Å². The minimum Gasteiger partial charge on any atom is -0.378 e. The maximum atomic E-state index is 12.6. The van der Waals surface area contributed by atoms with E-state index in [1.54, 1.807) is 29.2 Å². The third-order valence-corrected chi connectivity index (χ3v) is 4.72. The standard InChI is InChI=1S/C21H21N3O3/c25-20(13-16-14-22-19-7-2-1-6-18(16)19)23-17-5-3-4-15(12-17)21(26)24-8-10-27-11-9-24/h1-7,12,14,22H,8-11,13H2,(H,23,25). The monoisotopic (exact) mass is 363 g/mol. The van der Waals surface area contributed by atoms with Crippen molar-refractivity contribution in [2.45, 2.75) is 6.42 Å². The number of anilines is 1. The van der Waals surface area contributed by atoms with Crippen LogP contribution in [0.1, 0.15) is 15.9 Å². The molecule has 1 aliphatic heterocycles. The molecule has 0 aliphatic carbocycles. The SMILES string of the molecule is O=C(Cc1c[nH]c2ccccc12)Nc1cccc(C(=O)N2CCOCC2)c1. The summed E-state index contributed by atoms with van der Waals surface area (Å²) in [5, 5.41) is 3.94. The number of carbonyl (C=O) groups is 2. The van der Waals surface area contributed by atoms with E-state index in [0.717, 1.165) is 16.5 Å². The largest absolute Gasteiger partial charge is 0.378 e. The van der Waals surface area contributed by atoms with Gasteiger partial charge in [0.05, 0.1) is 19.6 Å². The van der Waals surface area contributed by atoms with Crippen LogP contribution in [0.2, 0.25) is 0 Å². The van der Waals surface area contributed by atoms with E-state index >= 15 is 0 Å². The van der Waals surface area contributed by atoms with Gasteiger partial charge in [-0.25, -0.2) is 0 Å². The average molecular weight is 363 g/mol. The van der Waals surface area contributed by atoms with Gasteiger partial charge >= 0.3 is 0 Å². The lowest BCUT2D eigenvalue weighted by molar-refractivity contribution is -0.115. The lowest BCUT2D eigenvalue weighted by atomic mass is 10.1. The molecule has 0 radical (unpaired) electrons. The normalized spacial score (nSPS) is 14.3. The van der Waals surface area contributed by atoms with Gasteiger partial charge in [0.1, 0.15) is 0 Å². The summed E-state index contributed by atoms with van der Waals surface area (Å²) in [7, 11) is 0. The Kier molecular flexibility index (Phi) is 4.89. The van der Waals surface area contributed by atoms with E-state index in [2.05, 4.69) is 10.3 Å². The number of rotatable bonds is 4. The van der Waals surface area contributed by atoms with Crippen molar-refractivity contribution in [3.05, 3.63) is 65.9 Å². The van der Waals surface area contributed by atoms with Gasteiger partial charge in [-0.2, -0.15) is 0 Å². The topological polar surface area (TPSA) is 74.4 Å². The lowest BCUT2D eigenvalue weighted by Gasteiger charge is -2.27. The predicted octanol–water partition coefficient (Wildman–Crippen LogP) is 2.82. The molecule has 1 aliphatic rings. The molecule has 0 bridgehead atoms. The van der Waals surface area contributed by atoms with Crippen molar-refractivity contribution in [1.29, 1.82) is 0 Å². The van der Waals surface area contributed by atoms with Crippen molar-refractivity contribution >= 4 is 28.4 Å². The molecular weight excluding hydrogens is 342 g/mol. The molecular formula is C21H21N3O3. The van der Waals surface area contributed by atoms with Gasteiger partial charge in [-0.1, -0.05) is 24.3 Å². The van der Waals surface area contributed by atoms with Gasteiger partial charge in [-0.15, -0.1) is 0 Å². The van der Waals surface area contributed by atoms with Crippen LogP contribution < -0.4 is 5.32 Å². The molecule has 2 N–H and O–H groups in total. The van der Waals surface area contributed by atoms with Gasteiger partial charge in [0.15, 0.2) is 0 Å². The number of benzene rings is 2. The van der Waals surface area contributed by atoms with Crippen LogP contribution in [-0.2, 0) is 16.0 Å². The molecule has 0 unspecified atom stereocenters. The highest BCUT2D eigenvalue weighted by atomic mass is 16.5. The first kappa shape index (κ1) is 17.3. The zero-order chi connectivity index (χ0) is 18.6. The Hall–Kier alpha value is -3.12. The molecule has 1 fully saturated rings. The fourth-order valence-electron chi connectivity index (χ4n) is 3.34. The highest BCUT2D eigenvalue weighted by Crippen LogP contribution is 2.19. The Morgan fingerprint density at radius 2 is 1.89 bits per heavy atom. The highest BCUT2D eigenvalue weighted by molar-refractivity contribution is 5.98. The van der Waals surface area contributed by atoms with Gasteiger partial charge in [0, 0.05) is 41.4 Å². The quantitative estimate of drug-likeness (QED) is 0.749. The first-order valence-corrected chi connectivity index (χ1v) is 9.02. The predicted molar refractivity (Wildman–Crippen MR) is 104 cm³/mol. The Bertz CT molecular complexity index is 973. The summed E-state index contributed by atoms with van der Waals surface area (Å²) in [6.45, 7) is 2.31. The molecule has 2 heterocycles. The summed E-state index contributed by atoms with van der Waals surface area (Å²) in [4.78, 5) is 30.0. The van der Waals surface area contributed by atoms with Crippen molar-refractivity contribution < 1.29 is 14.3 Å². The summed E-state index contributed by atoms with van der Waals surface area (Å²) in [6.07, 6.45) is 2.13. The minimum absolute atomic E-state index is 0.0361. The number of fused-ring (bicyclic) bond motifs is 1. The summed E-state index contributed by atoms with van der Waals surface area (Å²) >= 11 is 0. The maximum Gasteiger partial charge on any atom is 0.254 e. The summed E-state index contributed by atoms with van der Waals surface area (Å²) in [5.41, 5.74) is 3.16. The molecule has 0 atom stereocenters. The third kappa shape index (κ3) is 3.85. The number of ether oxygens (including phenoxy) is 1. The van der Waals surface area contributed by atoms with Gasteiger partial charge < -0.3 is 19.9 Å². The van der Waals surface area contributed by atoms with Crippen LogP contribution in [0.3, 0.4) is 0 Å². The number of aromatic amines is 1. The number of hydrogen-bond acceptors (Lipinski definition) is 3. The number of H-pyrrole nitrogens is 1. The summed E-state index contributed by atoms with van der Waals surface area (Å²) in [6, 6.07) is 15.0. The molecule has 6 heteroatoms. The van der Waals surface area contributed by atoms with E-state index < -0.39 is 0 Å². The van der Waals surface area contributed by atoms with Crippen molar-refractivity contribution in [1.82, 2.24) is 9.88 Å². The molecule has 27 heavy (non-hydrogen) atoms. The second-order valence-corrected chi connectivity index (χ2v) is 6.57. The van der Waals surface area contributed by atoms with Crippen LogP contribution in [-0.4, -0.2) is 48.0 Å². The third-order valence-electron chi connectivity index (χ3n) is 4.72. The highest BCUT2D eigenvalue weighted by Gasteiger charge is 2.19. The van der Waals surface area contributed by atoms with Crippen LogP contribution >= 0.6 is 0 Å². The number of morpholine rings is 1. The Labute approximate surface area is 157 Å². The average Bonchev–Trinajstić information content (AvgIpc) is 3.11. The Morgan fingerprint density at radius 3 is 2.74 bits per heavy atom. The van der Waals surface area contributed by atoms with Crippen LogP contribution in [0.4, 0.5) is 5.69 Å². The van der Waals surface area contributed by atoms with Crippen molar-refractivity contribution in [2.24, 2.45) is 0 Å². The number of carbonyl (C=O) groups excluding carboxylic acids is 2. The fraction of sp³-hybridized carbons (Fsp3) is 0.238. The second-order valence-electron chi connectivity index (χ2n) is 6.57. The molecule has 1 aromatic heterocycles. The number of hydrogen-bond donors (Lipinski definition) is 2. The first-order chi connectivity index (χ1) is 13.2. The molecule has 3 aromatic rings. The molecule has 4 rings (SSSR count).